The number of carbonyl (C=O) groups is 4. The molecule has 0 aliphatic heterocycles. The van der Waals surface area contributed by atoms with Gasteiger partial charge in [-0.25, -0.2) is 0 Å². The molecular weight excluding hydrogens is 148 g/mol. The monoisotopic (exact) mass is 162 g/mol. The third-order valence-corrected chi connectivity index (χ3v) is 0. The summed E-state index contributed by atoms with van der Waals surface area (Å²) in [6.45, 7) is 6.33. The highest BCUT2D eigenvalue weighted by molar-refractivity contribution is 5.44. The van der Waals surface area contributed by atoms with Crippen molar-refractivity contribution < 1.29 is 19.2 Å². The van der Waals surface area contributed by atoms with Crippen LogP contribution in [0.15, 0.2) is 0 Å². The molecule has 0 saturated carbocycles. The molecular formula is C7H14O4. The predicted octanol–water partition coefficient (Wildman–Crippen LogP) is 0.431. The van der Waals surface area contributed by atoms with E-state index in [2.05, 4.69) is 0 Å². The average molecular weight is 162 g/mol. The summed E-state index contributed by atoms with van der Waals surface area (Å²) >= 11 is 0. The highest BCUT2D eigenvalue weighted by Gasteiger charge is 1.25. The van der Waals surface area contributed by atoms with Crippen molar-refractivity contribution in [2.45, 2.75) is 20.8 Å². The van der Waals surface area contributed by atoms with E-state index < -0.39 is 0 Å². The summed E-state index contributed by atoms with van der Waals surface area (Å²) in [7, 11) is 0. The Morgan fingerprint density at radius 2 is 0.727 bits per heavy atom. The zero-order valence-electron chi connectivity index (χ0n) is 7.07. The molecule has 66 valence electrons. The molecule has 0 spiro atoms. The number of carbonyl (C=O) groups excluding carboxylic acids is 4. The molecule has 0 radical (unpaired) electrons. The van der Waals surface area contributed by atoms with Gasteiger partial charge in [0.15, 0.2) is 0 Å². The van der Waals surface area contributed by atoms with E-state index in [0.717, 1.165) is 18.9 Å². The Balaban J connectivity index is -0.0000000301. The number of aldehydes is 3. The van der Waals surface area contributed by atoms with Gasteiger partial charge in [0.05, 0.1) is 0 Å². The lowest BCUT2D eigenvalue weighted by Gasteiger charge is -1.24. The lowest BCUT2D eigenvalue weighted by Crippen LogP contribution is -1.36. The summed E-state index contributed by atoms with van der Waals surface area (Å²) in [5.41, 5.74) is 0. The van der Waals surface area contributed by atoms with Gasteiger partial charge in [0.1, 0.15) is 25.6 Å². The van der Waals surface area contributed by atoms with Crippen molar-refractivity contribution >= 4 is 25.6 Å². The average Bonchev–Trinajstić information content (AvgIpc) is 1.96. The van der Waals surface area contributed by atoms with Gasteiger partial charge in [-0.2, -0.15) is 0 Å². The molecule has 4 heteroatoms. The van der Waals surface area contributed by atoms with Gasteiger partial charge in [0, 0.05) is 0 Å². The van der Waals surface area contributed by atoms with E-state index in [-0.39, 0.29) is 0 Å². The molecule has 0 aromatic carbocycles. The fourth-order valence-electron chi connectivity index (χ4n) is 0. The molecule has 0 heterocycles. The fraction of sp³-hybridized carbons (Fsp3) is 0.429. The second-order valence-corrected chi connectivity index (χ2v) is 0.707. The van der Waals surface area contributed by atoms with Crippen LogP contribution in [0.5, 0.6) is 0 Å². The van der Waals surface area contributed by atoms with Crippen LogP contribution in [0.2, 0.25) is 0 Å². The van der Waals surface area contributed by atoms with Crippen LogP contribution >= 0.6 is 0 Å². The first-order valence-corrected chi connectivity index (χ1v) is 2.73. The Labute approximate surface area is 66.6 Å². The number of hydrogen-bond donors (Lipinski definition) is 0. The zero-order chi connectivity index (χ0) is 10.1. The van der Waals surface area contributed by atoms with Crippen molar-refractivity contribution in [1.82, 2.24) is 0 Å². The fourth-order valence-corrected chi connectivity index (χ4v) is 0. The Kier molecular flexibility index (Phi) is 373. The molecule has 0 aromatic heterocycles. The highest BCUT2D eigenvalue weighted by Crippen LogP contribution is 1.13. The van der Waals surface area contributed by atoms with Gasteiger partial charge in [0.2, 0.25) is 0 Å². The first-order valence-electron chi connectivity index (χ1n) is 2.73. The van der Waals surface area contributed by atoms with Crippen LogP contribution in [0.1, 0.15) is 20.8 Å². The first kappa shape index (κ1) is 22.6. The maximum Gasteiger partial charge on any atom is 0.116 e. The Morgan fingerprint density at radius 3 is 0.727 bits per heavy atom. The van der Waals surface area contributed by atoms with E-state index in [9.17, 15) is 0 Å². The zero-order valence-corrected chi connectivity index (χ0v) is 7.07. The van der Waals surface area contributed by atoms with E-state index in [1.165, 1.54) is 20.8 Å². The number of rotatable bonds is 0. The van der Waals surface area contributed by atoms with Crippen LogP contribution in [0, 0.1) is 0 Å². The Bertz CT molecular complexity index is 56.6. The summed E-state index contributed by atoms with van der Waals surface area (Å²) in [5.74, 6) is 0. The van der Waals surface area contributed by atoms with Gasteiger partial charge in [-0.15, -0.1) is 0 Å². The summed E-state index contributed by atoms with van der Waals surface area (Å²) < 4.78 is 0. The van der Waals surface area contributed by atoms with Crippen molar-refractivity contribution in [2.75, 3.05) is 0 Å². The van der Waals surface area contributed by atoms with Crippen LogP contribution in [-0.2, 0) is 19.2 Å². The molecule has 0 unspecified atom stereocenters. The lowest BCUT2D eigenvalue weighted by atomic mass is 11.0. The van der Waals surface area contributed by atoms with Crippen molar-refractivity contribution in [3.05, 3.63) is 0 Å². The maximum absolute atomic E-state index is 8.81. The minimum absolute atomic E-state index is 0.750. The van der Waals surface area contributed by atoms with Crippen molar-refractivity contribution in [2.24, 2.45) is 0 Å². The van der Waals surface area contributed by atoms with Crippen molar-refractivity contribution in [3.8, 4) is 0 Å². The second-order valence-electron chi connectivity index (χ2n) is 0.707. The summed E-state index contributed by atoms with van der Waals surface area (Å²) in [6, 6.07) is 0. The minimum Gasteiger partial charge on any atom is -0.307 e. The van der Waals surface area contributed by atoms with Crippen LogP contribution in [-0.4, -0.2) is 25.6 Å². The smallest absolute Gasteiger partial charge is 0.116 e. The first-order chi connectivity index (χ1) is 5.24. The Morgan fingerprint density at radius 1 is 0.727 bits per heavy atom. The van der Waals surface area contributed by atoms with Crippen LogP contribution in [0.25, 0.3) is 0 Å². The molecule has 0 atom stereocenters. The van der Waals surface area contributed by atoms with E-state index in [1.54, 1.807) is 0 Å². The summed E-state index contributed by atoms with van der Waals surface area (Å²) in [4.78, 5) is 34.4. The third kappa shape index (κ3) is 222. The van der Waals surface area contributed by atoms with Crippen molar-refractivity contribution in [1.29, 1.82) is 0 Å². The SMILES string of the molecule is C=O.CC=O.CC=O.CC=O. The molecule has 0 amide bonds. The largest absolute Gasteiger partial charge is 0.307 e. The van der Waals surface area contributed by atoms with Gasteiger partial charge < -0.3 is 19.2 Å². The molecule has 0 rings (SSSR count). The highest BCUT2D eigenvalue weighted by atomic mass is 16.1. The molecule has 11 heavy (non-hydrogen) atoms. The lowest BCUT2D eigenvalue weighted by molar-refractivity contribution is -0.106. The number of hydrogen-bond acceptors (Lipinski definition) is 4. The molecule has 4 nitrogen and oxygen atoms in total. The minimum atomic E-state index is 0.750. The van der Waals surface area contributed by atoms with E-state index in [0.29, 0.717) is 0 Å². The Hall–Kier alpha value is -1.32. The topological polar surface area (TPSA) is 68.3 Å². The summed E-state index contributed by atoms with van der Waals surface area (Å²) in [6.07, 6.45) is 2.25. The van der Waals surface area contributed by atoms with Gasteiger partial charge in [-0.3, -0.25) is 0 Å². The van der Waals surface area contributed by atoms with E-state index in [1.807, 2.05) is 6.79 Å². The second kappa shape index (κ2) is 181. The standard InChI is InChI=1S/3C2H4O.CH2O/c3*1-2-3;1-2/h3*2H,1H3;1H2. The van der Waals surface area contributed by atoms with Gasteiger partial charge >= 0.3 is 0 Å². The van der Waals surface area contributed by atoms with Crippen molar-refractivity contribution in [3.63, 3.8) is 0 Å². The molecule has 0 aromatic rings. The normalized spacial score (nSPS) is 3.91. The van der Waals surface area contributed by atoms with E-state index in [4.69, 9.17) is 19.2 Å². The van der Waals surface area contributed by atoms with Crippen LogP contribution in [0.4, 0.5) is 0 Å². The molecule has 0 aliphatic rings. The molecule has 0 aliphatic carbocycles. The third-order valence-electron chi connectivity index (χ3n) is 0. The molecule has 0 saturated heterocycles. The summed E-state index contributed by atoms with van der Waals surface area (Å²) in [5, 5.41) is 0. The van der Waals surface area contributed by atoms with Crippen LogP contribution in [0.3, 0.4) is 0 Å². The predicted molar refractivity (Wildman–Crippen MR) is 42.3 cm³/mol. The molecule has 0 N–H and O–H groups in total. The maximum atomic E-state index is 8.81. The van der Waals surface area contributed by atoms with E-state index >= 15 is 0 Å². The molecule has 0 bridgehead atoms. The molecule has 0 fully saturated rings. The van der Waals surface area contributed by atoms with Gasteiger partial charge in [0.25, 0.3) is 0 Å². The van der Waals surface area contributed by atoms with Gasteiger partial charge in [-0.1, -0.05) is 0 Å². The van der Waals surface area contributed by atoms with Crippen LogP contribution < -0.4 is 0 Å². The quantitative estimate of drug-likeness (QED) is 0.484. The van der Waals surface area contributed by atoms with Gasteiger partial charge in [-0.05, 0) is 20.8 Å².